The highest BCUT2D eigenvalue weighted by molar-refractivity contribution is 6.00. The van der Waals surface area contributed by atoms with Crippen LogP contribution in [0.3, 0.4) is 0 Å². The number of ether oxygens (including phenoxy) is 2. The second-order valence-corrected chi connectivity index (χ2v) is 4.83. The molecule has 1 aliphatic heterocycles. The quantitative estimate of drug-likeness (QED) is 0.696. The average Bonchev–Trinajstić information content (AvgIpc) is 3.15. The zero-order valence-electron chi connectivity index (χ0n) is 12.4. The molecular formula is C16H16N2O4. The van der Waals surface area contributed by atoms with Gasteiger partial charge in [-0.15, -0.1) is 0 Å². The number of hydrogen-bond acceptors (Lipinski definition) is 5. The molecule has 0 spiro atoms. The van der Waals surface area contributed by atoms with Gasteiger partial charge in [-0.3, -0.25) is 4.79 Å². The summed E-state index contributed by atoms with van der Waals surface area (Å²) in [6.45, 7) is 3.99. The fourth-order valence-corrected chi connectivity index (χ4v) is 2.12. The van der Waals surface area contributed by atoms with E-state index < -0.39 is 0 Å². The number of carbonyl (C=O) groups is 1. The Morgan fingerprint density at radius 1 is 1.23 bits per heavy atom. The van der Waals surface area contributed by atoms with Crippen LogP contribution < -0.4 is 14.9 Å². The number of amides is 1. The Kier molecular flexibility index (Phi) is 3.82. The van der Waals surface area contributed by atoms with Crippen LogP contribution in [0.25, 0.3) is 0 Å². The lowest BCUT2D eigenvalue weighted by Gasteiger charge is -2.04. The number of fused-ring (bicyclic) bond motifs is 1. The van der Waals surface area contributed by atoms with E-state index in [0.29, 0.717) is 35.0 Å². The Morgan fingerprint density at radius 2 is 2.05 bits per heavy atom. The molecule has 0 fully saturated rings. The SMILES string of the molecule is CC/C(=N\NC(=O)c1ccc2c(c1)OCO2)c1ccc(C)o1. The third-order valence-electron chi connectivity index (χ3n) is 3.29. The van der Waals surface area contributed by atoms with Crippen molar-refractivity contribution in [3.8, 4) is 11.5 Å². The lowest BCUT2D eigenvalue weighted by Crippen LogP contribution is -2.19. The summed E-state index contributed by atoms with van der Waals surface area (Å²) < 4.78 is 16.0. The Labute approximate surface area is 127 Å². The first kappa shape index (κ1) is 14.2. The van der Waals surface area contributed by atoms with Crippen molar-refractivity contribution in [3.63, 3.8) is 0 Å². The number of nitrogens with one attached hydrogen (secondary N) is 1. The van der Waals surface area contributed by atoms with Gasteiger partial charge in [-0.1, -0.05) is 6.92 Å². The lowest BCUT2D eigenvalue weighted by atomic mass is 10.2. The van der Waals surface area contributed by atoms with Gasteiger partial charge in [0.1, 0.15) is 17.2 Å². The highest BCUT2D eigenvalue weighted by atomic mass is 16.7. The van der Waals surface area contributed by atoms with Gasteiger partial charge in [-0.25, -0.2) is 5.43 Å². The van der Waals surface area contributed by atoms with Crippen LogP contribution in [-0.2, 0) is 0 Å². The van der Waals surface area contributed by atoms with Gasteiger partial charge in [-0.05, 0) is 43.7 Å². The van der Waals surface area contributed by atoms with Crippen LogP contribution in [0.5, 0.6) is 11.5 Å². The van der Waals surface area contributed by atoms with Crippen LogP contribution in [0.2, 0.25) is 0 Å². The van der Waals surface area contributed by atoms with Crippen molar-refractivity contribution in [1.82, 2.24) is 5.43 Å². The number of hydrogen-bond donors (Lipinski definition) is 1. The maximum atomic E-state index is 12.2. The van der Waals surface area contributed by atoms with Crippen LogP contribution in [0.1, 0.15) is 35.2 Å². The molecule has 1 amide bonds. The minimum absolute atomic E-state index is 0.177. The van der Waals surface area contributed by atoms with Gasteiger partial charge in [0.05, 0.1) is 0 Å². The van der Waals surface area contributed by atoms with E-state index in [2.05, 4.69) is 10.5 Å². The smallest absolute Gasteiger partial charge is 0.271 e. The largest absolute Gasteiger partial charge is 0.460 e. The van der Waals surface area contributed by atoms with Crippen molar-refractivity contribution >= 4 is 11.6 Å². The summed E-state index contributed by atoms with van der Waals surface area (Å²) >= 11 is 0. The summed E-state index contributed by atoms with van der Waals surface area (Å²) in [6, 6.07) is 8.71. The molecule has 6 nitrogen and oxygen atoms in total. The second kappa shape index (κ2) is 5.93. The molecule has 2 heterocycles. The topological polar surface area (TPSA) is 73.1 Å². The third kappa shape index (κ3) is 2.81. The maximum Gasteiger partial charge on any atom is 0.271 e. The van der Waals surface area contributed by atoms with Gasteiger partial charge in [-0.2, -0.15) is 5.10 Å². The minimum Gasteiger partial charge on any atom is -0.460 e. The summed E-state index contributed by atoms with van der Waals surface area (Å²) in [5, 5.41) is 4.15. The zero-order valence-corrected chi connectivity index (χ0v) is 12.4. The number of rotatable bonds is 4. The normalized spacial score (nSPS) is 13.3. The summed E-state index contributed by atoms with van der Waals surface area (Å²) in [5.74, 6) is 2.35. The molecular weight excluding hydrogens is 284 g/mol. The Hall–Kier alpha value is -2.76. The van der Waals surface area contributed by atoms with E-state index in [1.807, 2.05) is 26.0 Å². The molecule has 0 bridgehead atoms. The number of carbonyl (C=O) groups excluding carboxylic acids is 1. The number of aryl methyl sites for hydroxylation is 1. The monoisotopic (exact) mass is 300 g/mol. The fourth-order valence-electron chi connectivity index (χ4n) is 2.12. The van der Waals surface area contributed by atoms with Crippen molar-refractivity contribution in [1.29, 1.82) is 0 Å². The average molecular weight is 300 g/mol. The molecule has 114 valence electrons. The molecule has 1 aromatic carbocycles. The molecule has 22 heavy (non-hydrogen) atoms. The summed E-state index contributed by atoms with van der Waals surface area (Å²) in [7, 11) is 0. The van der Waals surface area contributed by atoms with Gasteiger partial charge in [0.15, 0.2) is 11.5 Å². The lowest BCUT2D eigenvalue weighted by molar-refractivity contribution is 0.0954. The molecule has 6 heteroatoms. The van der Waals surface area contributed by atoms with Crippen LogP contribution >= 0.6 is 0 Å². The molecule has 3 rings (SSSR count). The van der Waals surface area contributed by atoms with E-state index in [4.69, 9.17) is 13.9 Å². The van der Waals surface area contributed by atoms with Gasteiger partial charge in [0.25, 0.3) is 5.91 Å². The van der Waals surface area contributed by atoms with Crippen molar-refractivity contribution in [2.75, 3.05) is 6.79 Å². The molecule has 0 saturated carbocycles. The first-order valence-electron chi connectivity index (χ1n) is 7.00. The Balaban J connectivity index is 1.74. The molecule has 0 unspecified atom stereocenters. The Bertz CT molecular complexity index is 733. The van der Waals surface area contributed by atoms with Crippen LogP contribution in [0.4, 0.5) is 0 Å². The van der Waals surface area contributed by atoms with Gasteiger partial charge in [0, 0.05) is 5.56 Å². The predicted octanol–water partition coefficient (Wildman–Crippen LogP) is 2.86. The minimum atomic E-state index is -0.312. The predicted molar refractivity (Wildman–Crippen MR) is 80.3 cm³/mol. The van der Waals surface area contributed by atoms with Gasteiger partial charge < -0.3 is 13.9 Å². The first-order chi connectivity index (χ1) is 10.7. The van der Waals surface area contributed by atoms with Gasteiger partial charge in [0.2, 0.25) is 6.79 Å². The van der Waals surface area contributed by atoms with Crippen LogP contribution in [-0.4, -0.2) is 18.4 Å². The Morgan fingerprint density at radius 3 is 2.77 bits per heavy atom. The van der Waals surface area contributed by atoms with E-state index in [1.54, 1.807) is 18.2 Å². The molecule has 0 aliphatic carbocycles. The highest BCUT2D eigenvalue weighted by Gasteiger charge is 2.16. The van der Waals surface area contributed by atoms with Gasteiger partial charge >= 0.3 is 0 Å². The van der Waals surface area contributed by atoms with Crippen LogP contribution in [0, 0.1) is 6.92 Å². The second-order valence-electron chi connectivity index (χ2n) is 4.83. The number of nitrogens with zero attached hydrogens (tertiary/aromatic N) is 1. The van der Waals surface area contributed by atoms with E-state index in [-0.39, 0.29) is 12.7 Å². The summed E-state index contributed by atoms with van der Waals surface area (Å²) in [4.78, 5) is 12.2. The first-order valence-corrected chi connectivity index (χ1v) is 7.00. The molecule has 1 aromatic heterocycles. The molecule has 2 aromatic rings. The maximum absolute atomic E-state index is 12.2. The van der Waals surface area contributed by atoms with E-state index >= 15 is 0 Å². The van der Waals surface area contributed by atoms with E-state index in [1.165, 1.54) is 0 Å². The van der Waals surface area contributed by atoms with E-state index in [0.717, 1.165) is 5.76 Å². The molecule has 0 saturated heterocycles. The zero-order chi connectivity index (χ0) is 15.5. The summed E-state index contributed by atoms with van der Waals surface area (Å²) in [6.07, 6.45) is 0.647. The molecule has 0 radical (unpaired) electrons. The standard InChI is InChI=1S/C16H16N2O4/c1-3-12(13-6-4-10(2)22-13)17-18-16(19)11-5-7-14-15(8-11)21-9-20-14/h4-8H,3,9H2,1-2H3,(H,18,19)/b17-12+. The van der Waals surface area contributed by atoms with Crippen molar-refractivity contribution in [2.24, 2.45) is 5.10 Å². The number of benzene rings is 1. The highest BCUT2D eigenvalue weighted by Crippen LogP contribution is 2.32. The van der Waals surface area contributed by atoms with Crippen molar-refractivity contribution in [2.45, 2.75) is 20.3 Å². The van der Waals surface area contributed by atoms with Crippen molar-refractivity contribution < 1.29 is 18.7 Å². The van der Waals surface area contributed by atoms with Crippen LogP contribution in [0.15, 0.2) is 39.9 Å². The fraction of sp³-hybridized carbons (Fsp3) is 0.250. The molecule has 1 aliphatic rings. The molecule has 1 N–H and O–H groups in total. The number of furan rings is 1. The van der Waals surface area contributed by atoms with E-state index in [9.17, 15) is 4.79 Å². The molecule has 0 atom stereocenters. The summed E-state index contributed by atoms with van der Waals surface area (Å²) in [5.41, 5.74) is 3.68. The van der Waals surface area contributed by atoms with Crippen molar-refractivity contribution in [3.05, 3.63) is 47.4 Å². The third-order valence-corrected chi connectivity index (χ3v) is 3.29. The number of hydrazone groups is 1.